The molecule has 0 radical (unpaired) electrons. The van der Waals surface area contributed by atoms with Crippen molar-refractivity contribution in [3.63, 3.8) is 0 Å². The third-order valence-corrected chi connectivity index (χ3v) is 10.9. The van der Waals surface area contributed by atoms with Crippen LogP contribution in [0.4, 0.5) is 0 Å². The van der Waals surface area contributed by atoms with Crippen LogP contribution in [-0.2, 0) is 20.9 Å². The van der Waals surface area contributed by atoms with Crippen molar-refractivity contribution in [3.05, 3.63) is 48.0 Å². The van der Waals surface area contributed by atoms with Crippen LogP contribution in [0.15, 0.2) is 36.9 Å². The molecule has 1 aromatic carbocycles. The van der Waals surface area contributed by atoms with Crippen molar-refractivity contribution >= 4 is 11.8 Å². The lowest BCUT2D eigenvalue weighted by Crippen LogP contribution is -2.63. The number of rotatable bonds is 7. The minimum absolute atomic E-state index is 0.0275. The molecule has 1 aromatic rings. The van der Waals surface area contributed by atoms with Crippen molar-refractivity contribution < 1.29 is 19.4 Å². The molecular formula is C32H47NO4. The number of Topliss-reactive ketones (excluding diaryl/α,β-unsaturated/α-hetero) is 1. The van der Waals surface area contributed by atoms with Crippen LogP contribution in [0.2, 0.25) is 0 Å². The lowest BCUT2D eigenvalue weighted by molar-refractivity contribution is -0.207. The summed E-state index contributed by atoms with van der Waals surface area (Å²) >= 11 is 0. The normalized spacial score (nSPS) is 39.6. The number of carbonyl (C=O) groups excluding carboxylic acids is 2. The van der Waals surface area contributed by atoms with E-state index in [1.165, 1.54) is 11.1 Å². The SMILES string of the molecule is C=C[C@]1(C)C[C@@H](OC(=O)CN(CC)Cc2cccc(C)c2)[C@@]2(C)C3C(=O)CC[C@@]3(CC[C@H]2C)[C@@H](C)[C@@H]1O. The summed E-state index contributed by atoms with van der Waals surface area (Å²) < 4.78 is 6.42. The van der Waals surface area contributed by atoms with Crippen LogP contribution in [-0.4, -0.2) is 47.1 Å². The predicted octanol–water partition coefficient (Wildman–Crippen LogP) is 5.72. The summed E-state index contributed by atoms with van der Waals surface area (Å²) in [4.78, 5) is 29.2. The Morgan fingerprint density at radius 1 is 1.27 bits per heavy atom. The number of aryl methyl sites for hydroxylation is 1. The van der Waals surface area contributed by atoms with Gasteiger partial charge in [-0.15, -0.1) is 6.58 Å². The topological polar surface area (TPSA) is 66.8 Å². The molecule has 37 heavy (non-hydrogen) atoms. The van der Waals surface area contributed by atoms with Gasteiger partial charge in [-0.1, -0.05) is 70.5 Å². The van der Waals surface area contributed by atoms with Gasteiger partial charge in [-0.05, 0) is 62.0 Å². The Labute approximate surface area is 223 Å². The maximum Gasteiger partial charge on any atom is 0.320 e. The maximum atomic E-state index is 13.6. The Morgan fingerprint density at radius 2 is 2.00 bits per heavy atom. The highest BCUT2D eigenvalue weighted by Crippen LogP contribution is 2.68. The molecule has 3 saturated carbocycles. The van der Waals surface area contributed by atoms with Crippen molar-refractivity contribution in [2.24, 2.45) is 34.0 Å². The smallest absolute Gasteiger partial charge is 0.320 e. The van der Waals surface area contributed by atoms with Gasteiger partial charge in [0.15, 0.2) is 0 Å². The molecule has 0 aromatic heterocycles. The van der Waals surface area contributed by atoms with Gasteiger partial charge in [0, 0.05) is 29.7 Å². The Hall–Kier alpha value is -1.98. The molecule has 5 heteroatoms. The number of nitrogens with zero attached hydrogens (tertiary/aromatic N) is 1. The van der Waals surface area contributed by atoms with Crippen molar-refractivity contribution in [1.29, 1.82) is 0 Å². The van der Waals surface area contributed by atoms with Crippen molar-refractivity contribution in [2.45, 2.75) is 92.4 Å². The number of aliphatic hydroxyl groups is 1. The molecule has 0 amide bonds. The van der Waals surface area contributed by atoms with Crippen LogP contribution in [0.1, 0.15) is 77.8 Å². The van der Waals surface area contributed by atoms with Gasteiger partial charge in [0.2, 0.25) is 0 Å². The Balaban J connectivity index is 1.65. The second kappa shape index (κ2) is 10.3. The van der Waals surface area contributed by atoms with Crippen LogP contribution in [0.5, 0.6) is 0 Å². The maximum absolute atomic E-state index is 13.6. The van der Waals surface area contributed by atoms with Gasteiger partial charge in [0.05, 0.1) is 12.6 Å². The largest absolute Gasteiger partial charge is 0.461 e. The number of ether oxygens (including phenoxy) is 1. The molecule has 5 nitrogen and oxygen atoms in total. The monoisotopic (exact) mass is 509 g/mol. The zero-order valence-corrected chi connectivity index (χ0v) is 23.8. The number of esters is 1. The molecule has 0 saturated heterocycles. The van der Waals surface area contributed by atoms with Crippen LogP contribution in [0.3, 0.4) is 0 Å². The average molecular weight is 510 g/mol. The predicted molar refractivity (Wildman–Crippen MR) is 147 cm³/mol. The molecule has 0 aliphatic heterocycles. The zero-order valence-electron chi connectivity index (χ0n) is 23.8. The molecule has 8 atom stereocenters. The van der Waals surface area contributed by atoms with E-state index in [4.69, 9.17) is 4.74 Å². The Kier molecular flexibility index (Phi) is 7.80. The van der Waals surface area contributed by atoms with Gasteiger partial charge in [-0.2, -0.15) is 0 Å². The molecule has 1 unspecified atom stereocenters. The lowest BCUT2D eigenvalue weighted by atomic mass is 9.44. The highest BCUT2D eigenvalue weighted by Gasteiger charge is 2.68. The first-order chi connectivity index (χ1) is 17.4. The molecule has 1 N–H and O–H groups in total. The van der Waals surface area contributed by atoms with E-state index in [1.807, 2.05) is 19.1 Å². The third kappa shape index (κ3) is 4.71. The number of benzene rings is 1. The third-order valence-electron chi connectivity index (χ3n) is 10.9. The first-order valence-corrected chi connectivity index (χ1v) is 14.2. The summed E-state index contributed by atoms with van der Waals surface area (Å²) in [6.45, 7) is 18.4. The summed E-state index contributed by atoms with van der Waals surface area (Å²) in [5.41, 5.74) is 1.02. The molecule has 3 fully saturated rings. The standard InChI is InChI=1S/C32H47NO4/c1-8-30(6)18-26(37-27(35)20-33(9-2)19-24-12-10-11-21(3)17-24)31(7)22(4)13-15-32(23(5)29(30)36)16-14-25(34)28(31)32/h8,10-12,17,22-23,26,28-29,36H,1,9,13-16,18-20H2,2-7H3/t22-,23+,26-,28?,29+,30-,31+,32+/m1/s1. The summed E-state index contributed by atoms with van der Waals surface area (Å²) in [7, 11) is 0. The molecule has 3 aliphatic carbocycles. The van der Waals surface area contributed by atoms with E-state index in [-0.39, 0.29) is 41.5 Å². The lowest BCUT2D eigenvalue weighted by Gasteiger charge is -2.61. The average Bonchev–Trinajstić information content (AvgIpc) is 3.22. The second-order valence-corrected chi connectivity index (χ2v) is 12.9. The highest BCUT2D eigenvalue weighted by molar-refractivity contribution is 5.85. The molecular weight excluding hydrogens is 462 g/mol. The van der Waals surface area contributed by atoms with E-state index >= 15 is 0 Å². The number of carbonyl (C=O) groups is 2. The minimum Gasteiger partial charge on any atom is -0.461 e. The molecule has 3 aliphatic rings. The summed E-state index contributed by atoms with van der Waals surface area (Å²) in [6.07, 6.45) is 4.48. The zero-order chi connectivity index (χ0) is 27.2. The first-order valence-electron chi connectivity index (χ1n) is 14.2. The fraction of sp³-hybridized carbons (Fsp3) is 0.688. The number of hydrogen-bond acceptors (Lipinski definition) is 5. The van der Waals surface area contributed by atoms with Gasteiger partial charge in [-0.25, -0.2) is 0 Å². The van der Waals surface area contributed by atoms with Crippen molar-refractivity contribution in [2.75, 3.05) is 13.1 Å². The molecule has 4 rings (SSSR count). The minimum atomic E-state index is -0.647. The van der Waals surface area contributed by atoms with E-state index in [9.17, 15) is 14.7 Å². The van der Waals surface area contributed by atoms with Crippen LogP contribution >= 0.6 is 0 Å². The van der Waals surface area contributed by atoms with Gasteiger partial charge in [0.25, 0.3) is 0 Å². The fourth-order valence-electron chi connectivity index (χ4n) is 8.23. The van der Waals surface area contributed by atoms with E-state index in [2.05, 4.69) is 64.3 Å². The van der Waals surface area contributed by atoms with Gasteiger partial charge < -0.3 is 9.84 Å². The van der Waals surface area contributed by atoms with E-state index < -0.39 is 23.0 Å². The van der Waals surface area contributed by atoms with Gasteiger partial charge >= 0.3 is 5.97 Å². The molecule has 0 heterocycles. The van der Waals surface area contributed by atoms with Gasteiger partial charge in [0.1, 0.15) is 11.9 Å². The fourth-order valence-corrected chi connectivity index (χ4v) is 8.23. The summed E-state index contributed by atoms with van der Waals surface area (Å²) in [6, 6.07) is 8.36. The van der Waals surface area contributed by atoms with E-state index in [0.29, 0.717) is 19.4 Å². The quantitative estimate of drug-likeness (QED) is 0.376. The number of ketones is 1. The van der Waals surface area contributed by atoms with Crippen molar-refractivity contribution in [3.8, 4) is 0 Å². The van der Waals surface area contributed by atoms with E-state index in [0.717, 1.165) is 25.8 Å². The number of aliphatic hydroxyl groups excluding tert-OH is 1. The Morgan fingerprint density at radius 3 is 2.65 bits per heavy atom. The first kappa shape index (κ1) is 28.0. The van der Waals surface area contributed by atoms with Crippen LogP contribution in [0.25, 0.3) is 0 Å². The molecule has 0 spiro atoms. The summed E-state index contributed by atoms with van der Waals surface area (Å²) in [5.74, 6) is 0.0297. The molecule has 2 bridgehead atoms. The number of likely N-dealkylation sites (N-methyl/N-ethyl adjacent to an activating group) is 1. The van der Waals surface area contributed by atoms with Crippen LogP contribution in [0, 0.1) is 40.9 Å². The van der Waals surface area contributed by atoms with E-state index in [1.54, 1.807) is 0 Å². The van der Waals surface area contributed by atoms with Crippen molar-refractivity contribution in [1.82, 2.24) is 4.90 Å². The van der Waals surface area contributed by atoms with Crippen LogP contribution < -0.4 is 0 Å². The Bertz CT molecular complexity index is 1040. The highest BCUT2D eigenvalue weighted by atomic mass is 16.5. The summed E-state index contributed by atoms with van der Waals surface area (Å²) in [5, 5.41) is 11.7. The second-order valence-electron chi connectivity index (χ2n) is 12.9. The molecule has 204 valence electrons. The number of hydrogen-bond donors (Lipinski definition) is 1. The van der Waals surface area contributed by atoms with Gasteiger partial charge in [-0.3, -0.25) is 14.5 Å².